The molecular formula is C27H26N6O7. The number of fused-ring (bicyclic) bond motifs is 2. The zero-order valence-electron chi connectivity index (χ0n) is 21.6. The molecule has 206 valence electrons. The van der Waals surface area contributed by atoms with Gasteiger partial charge in [-0.25, -0.2) is 24.5 Å². The van der Waals surface area contributed by atoms with Crippen LogP contribution in [0.2, 0.25) is 0 Å². The molecule has 4 atom stereocenters. The van der Waals surface area contributed by atoms with Crippen LogP contribution in [0.1, 0.15) is 30.4 Å². The van der Waals surface area contributed by atoms with Gasteiger partial charge in [0.2, 0.25) is 0 Å². The lowest BCUT2D eigenvalue weighted by Gasteiger charge is -2.24. The van der Waals surface area contributed by atoms with E-state index >= 15 is 0 Å². The topological polar surface area (TPSA) is 159 Å². The van der Waals surface area contributed by atoms with Gasteiger partial charge in [-0.2, -0.15) is 0 Å². The van der Waals surface area contributed by atoms with Crippen molar-refractivity contribution in [2.75, 3.05) is 17.2 Å². The summed E-state index contributed by atoms with van der Waals surface area (Å²) in [7, 11) is 0. The predicted molar refractivity (Wildman–Crippen MR) is 141 cm³/mol. The molecule has 3 N–H and O–H groups in total. The van der Waals surface area contributed by atoms with Crippen molar-refractivity contribution in [3.63, 3.8) is 0 Å². The molecule has 2 aliphatic rings. The molecule has 40 heavy (non-hydrogen) atoms. The number of carboxylic acids is 1. The molecule has 6 rings (SSSR count). The Kier molecular flexibility index (Phi) is 6.54. The molecule has 0 spiro atoms. The number of ether oxygens (including phenoxy) is 4. The van der Waals surface area contributed by atoms with Gasteiger partial charge in [-0.15, -0.1) is 0 Å². The average molecular weight is 547 g/mol. The van der Waals surface area contributed by atoms with Gasteiger partial charge in [-0.1, -0.05) is 18.2 Å². The normalized spacial score (nSPS) is 23.1. The molecule has 4 heterocycles. The number of urea groups is 1. The molecular weight excluding hydrogens is 520 g/mol. The minimum absolute atomic E-state index is 0.137. The molecule has 2 aromatic carbocycles. The van der Waals surface area contributed by atoms with E-state index in [0.29, 0.717) is 22.6 Å². The van der Waals surface area contributed by atoms with Gasteiger partial charge in [0.05, 0.1) is 11.9 Å². The number of hydrogen-bond acceptors (Lipinski definition) is 9. The first-order valence-corrected chi connectivity index (χ1v) is 12.6. The number of amides is 2. The number of rotatable bonds is 7. The molecule has 2 amide bonds. The fraction of sp³-hybridized carbons (Fsp3) is 0.296. The van der Waals surface area contributed by atoms with E-state index in [0.717, 1.165) is 0 Å². The minimum Gasteiger partial charge on any atom is -0.491 e. The molecule has 0 aliphatic carbocycles. The number of anilines is 2. The van der Waals surface area contributed by atoms with Crippen LogP contribution in [0.5, 0.6) is 5.75 Å². The van der Waals surface area contributed by atoms with Crippen LogP contribution in [0.4, 0.5) is 16.3 Å². The molecule has 13 nitrogen and oxygen atoms in total. The van der Waals surface area contributed by atoms with Crippen LogP contribution in [-0.2, 0) is 14.2 Å². The van der Waals surface area contributed by atoms with E-state index in [-0.39, 0.29) is 18.0 Å². The maximum atomic E-state index is 12.6. The highest BCUT2D eigenvalue weighted by atomic mass is 16.8. The van der Waals surface area contributed by atoms with Crippen LogP contribution in [0.25, 0.3) is 11.2 Å². The number of para-hydroxylation sites is 1. The van der Waals surface area contributed by atoms with E-state index in [1.54, 1.807) is 35.2 Å². The summed E-state index contributed by atoms with van der Waals surface area (Å²) in [6, 6.07) is 14.7. The fourth-order valence-corrected chi connectivity index (χ4v) is 4.81. The van der Waals surface area contributed by atoms with E-state index in [9.17, 15) is 9.59 Å². The Morgan fingerprint density at radius 3 is 2.50 bits per heavy atom. The smallest absolute Gasteiger partial charge is 0.335 e. The Bertz CT molecular complexity index is 1540. The van der Waals surface area contributed by atoms with E-state index in [1.165, 1.54) is 18.5 Å². The zero-order chi connectivity index (χ0) is 27.9. The second kappa shape index (κ2) is 10.2. The van der Waals surface area contributed by atoms with Crippen LogP contribution in [0.3, 0.4) is 0 Å². The van der Waals surface area contributed by atoms with E-state index in [1.807, 2.05) is 32.0 Å². The van der Waals surface area contributed by atoms with Gasteiger partial charge in [0.15, 0.2) is 29.0 Å². The lowest BCUT2D eigenvalue weighted by molar-refractivity contribution is -0.198. The number of aromatic carboxylic acids is 1. The van der Waals surface area contributed by atoms with Gasteiger partial charge in [0, 0.05) is 5.69 Å². The van der Waals surface area contributed by atoms with Crippen molar-refractivity contribution in [1.29, 1.82) is 0 Å². The standard InChI is InChI=1S/C27H26N6O7/c1-27(2)39-20-18(12-37-17-10-8-15(9-11-17)25(34)35)38-24(21(20)40-27)33-14-30-19-22(28-13-29-23(19)33)32-26(36)31-16-6-4-3-5-7-16/h3-11,13-14,18,20-21,24H,12H2,1-2H3,(H,34,35)(H2,28,29,31,32,36). The molecule has 2 aromatic heterocycles. The summed E-state index contributed by atoms with van der Waals surface area (Å²) in [6.45, 7) is 3.79. The molecule has 0 saturated carbocycles. The Labute approximate surface area is 228 Å². The molecule has 2 fully saturated rings. The minimum atomic E-state index is -1.01. The summed E-state index contributed by atoms with van der Waals surface area (Å²) in [5.74, 6) is -1.13. The highest BCUT2D eigenvalue weighted by Crippen LogP contribution is 2.44. The summed E-state index contributed by atoms with van der Waals surface area (Å²) >= 11 is 0. The number of nitrogens with zero attached hydrogens (tertiary/aromatic N) is 4. The van der Waals surface area contributed by atoms with Crippen LogP contribution in [0, 0.1) is 0 Å². The number of carboxylic acid groups (broad SMARTS) is 1. The summed E-state index contributed by atoms with van der Waals surface area (Å²) in [6.07, 6.45) is 0.784. The number of carbonyl (C=O) groups is 2. The average Bonchev–Trinajstić information content (AvgIpc) is 3.59. The van der Waals surface area contributed by atoms with Gasteiger partial charge < -0.3 is 29.4 Å². The molecule has 0 radical (unpaired) electrons. The van der Waals surface area contributed by atoms with Crippen LogP contribution >= 0.6 is 0 Å². The maximum Gasteiger partial charge on any atom is 0.335 e. The lowest BCUT2D eigenvalue weighted by atomic mass is 10.1. The predicted octanol–water partition coefficient (Wildman–Crippen LogP) is 3.67. The third-order valence-electron chi connectivity index (χ3n) is 6.54. The van der Waals surface area contributed by atoms with Gasteiger partial charge >= 0.3 is 12.0 Å². The second-order valence-corrected chi connectivity index (χ2v) is 9.76. The number of benzene rings is 2. The number of nitrogens with one attached hydrogen (secondary N) is 2. The van der Waals surface area contributed by atoms with Crippen molar-refractivity contribution < 1.29 is 33.6 Å². The van der Waals surface area contributed by atoms with Crippen molar-refractivity contribution >= 4 is 34.7 Å². The first-order valence-electron chi connectivity index (χ1n) is 12.6. The van der Waals surface area contributed by atoms with Crippen molar-refractivity contribution in [1.82, 2.24) is 19.5 Å². The van der Waals surface area contributed by atoms with Gasteiger partial charge in [0.1, 0.15) is 37.0 Å². The quantitative estimate of drug-likeness (QED) is 0.312. The van der Waals surface area contributed by atoms with Gasteiger partial charge in [-0.3, -0.25) is 9.88 Å². The highest BCUT2D eigenvalue weighted by Gasteiger charge is 2.56. The summed E-state index contributed by atoms with van der Waals surface area (Å²) in [5, 5.41) is 14.6. The van der Waals surface area contributed by atoms with Crippen LogP contribution in [0.15, 0.2) is 67.3 Å². The molecule has 13 heteroatoms. The van der Waals surface area contributed by atoms with E-state index in [4.69, 9.17) is 24.1 Å². The largest absolute Gasteiger partial charge is 0.491 e. The van der Waals surface area contributed by atoms with Gasteiger partial charge in [-0.05, 0) is 50.2 Å². The summed E-state index contributed by atoms with van der Waals surface area (Å²) in [4.78, 5) is 36.7. The number of hydrogen-bond donors (Lipinski definition) is 3. The maximum absolute atomic E-state index is 12.6. The van der Waals surface area contributed by atoms with Crippen molar-refractivity contribution in [2.24, 2.45) is 0 Å². The molecule has 0 bridgehead atoms. The Balaban J connectivity index is 1.21. The lowest BCUT2D eigenvalue weighted by Crippen LogP contribution is -2.33. The number of imidazole rings is 1. The van der Waals surface area contributed by atoms with Crippen LogP contribution in [-0.4, -0.2) is 67.3 Å². The van der Waals surface area contributed by atoms with Gasteiger partial charge in [0.25, 0.3) is 0 Å². The summed E-state index contributed by atoms with van der Waals surface area (Å²) in [5.41, 5.74) is 1.61. The molecule has 4 unspecified atom stereocenters. The first-order chi connectivity index (χ1) is 19.3. The third-order valence-corrected chi connectivity index (χ3v) is 6.54. The highest BCUT2D eigenvalue weighted by molar-refractivity contribution is 6.02. The second-order valence-electron chi connectivity index (χ2n) is 9.76. The monoisotopic (exact) mass is 546 g/mol. The zero-order valence-corrected chi connectivity index (χ0v) is 21.6. The first kappa shape index (κ1) is 25.7. The SMILES string of the molecule is CC1(C)OC2C(COc3ccc(C(=O)O)cc3)OC(n3cnc4c(NC(=O)Nc5ccccc5)ncnc43)C2O1. The molecule has 2 aliphatic heterocycles. The Morgan fingerprint density at radius 1 is 1.00 bits per heavy atom. The van der Waals surface area contributed by atoms with Crippen molar-refractivity contribution in [3.05, 3.63) is 72.8 Å². The summed E-state index contributed by atoms with van der Waals surface area (Å²) < 4.78 is 26.3. The molecule has 2 saturated heterocycles. The number of aromatic nitrogens is 4. The Morgan fingerprint density at radius 2 is 1.75 bits per heavy atom. The van der Waals surface area contributed by atoms with Crippen molar-refractivity contribution in [2.45, 2.75) is 44.2 Å². The van der Waals surface area contributed by atoms with E-state index in [2.05, 4.69) is 25.6 Å². The Hall–Kier alpha value is -4.59. The molecule has 4 aromatic rings. The van der Waals surface area contributed by atoms with Crippen LogP contribution < -0.4 is 15.4 Å². The fourth-order valence-electron chi connectivity index (χ4n) is 4.81. The van der Waals surface area contributed by atoms with Crippen molar-refractivity contribution in [3.8, 4) is 5.75 Å². The van der Waals surface area contributed by atoms with E-state index < -0.39 is 42.3 Å². The number of carbonyl (C=O) groups excluding carboxylic acids is 1. The third kappa shape index (κ3) is 5.04.